The Bertz CT molecular complexity index is 2070. The van der Waals surface area contributed by atoms with Crippen LogP contribution < -0.4 is 29.6 Å². The molecule has 310 valence electrons. The smallest absolute Gasteiger partial charge is 0.408 e. The average molecular weight is 812 g/mol. The van der Waals surface area contributed by atoms with Gasteiger partial charge in [-0.05, 0) is 91.3 Å². The molecule has 1 aromatic carbocycles. The predicted octanol–water partition coefficient (Wildman–Crippen LogP) is 3.65. The molecule has 0 bridgehead atoms. The molecular formula is C40H53N5O11S. The van der Waals surface area contributed by atoms with Gasteiger partial charge in [0, 0.05) is 29.3 Å². The highest BCUT2D eigenvalue weighted by Gasteiger charge is 2.63. The Morgan fingerprint density at radius 2 is 1.86 bits per heavy atom. The second-order valence-corrected chi connectivity index (χ2v) is 19.2. The Kier molecular flexibility index (Phi) is 10.9. The normalized spacial score (nSPS) is 29.8. The molecule has 57 heavy (non-hydrogen) atoms. The van der Waals surface area contributed by atoms with Gasteiger partial charge in [0.25, 0.3) is 5.91 Å². The van der Waals surface area contributed by atoms with Gasteiger partial charge in [0.05, 0.1) is 23.5 Å². The standard InChI is InChI=1S/C40H53N5O11S/c1-7-29-31(42-37(49)56-38(3,4)5)35(47)45-22-25(55-34-27-12-13-30-32(53-19-18-52-30)26(27)14-17-41-34)20-28(45)33(46)43-40(21-24(40)11-9-8-10-23(2)54-29)36(48)44-57(50,51)39(6)15-16-39/h9,11-14,17,23-25,28-29,31H,7-8,10,15-16,18-22H2,1-6H3,(H,42,49)(H,43,46)(H,44,48). The first-order valence-electron chi connectivity index (χ1n) is 19.8. The van der Waals surface area contributed by atoms with E-state index in [4.69, 9.17) is 23.7 Å². The summed E-state index contributed by atoms with van der Waals surface area (Å²) in [6, 6.07) is 2.91. The number of hydrogen-bond donors (Lipinski definition) is 3. The Morgan fingerprint density at radius 1 is 1.11 bits per heavy atom. The highest BCUT2D eigenvalue weighted by Crippen LogP contribution is 2.48. The zero-order valence-corrected chi connectivity index (χ0v) is 34.1. The van der Waals surface area contributed by atoms with E-state index in [1.54, 1.807) is 46.0 Å². The van der Waals surface area contributed by atoms with Crippen molar-refractivity contribution in [2.75, 3.05) is 19.8 Å². The summed E-state index contributed by atoms with van der Waals surface area (Å²) < 4.78 is 57.8. The van der Waals surface area contributed by atoms with Crippen LogP contribution in [0.5, 0.6) is 17.4 Å². The number of fused-ring (bicyclic) bond motifs is 5. The van der Waals surface area contributed by atoms with Gasteiger partial charge in [-0.3, -0.25) is 19.1 Å². The van der Waals surface area contributed by atoms with E-state index in [0.29, 0.717) is 67.6 Å². The lowest BCUT2D eigenvalue weighted by Crippen LogP contribution is -2.60. The Morgan fingerprint density at radius 3 is 2.58 bits per heavy atom. The first-order chi connectivity index (χ1) is 26.9. The van der Waals surface area contributed by atoms with Crippen molar-refractivity contribution >= 4 is 44.6 Å². The molecule has 4 amide bonds. The summed E-state index contributed by atoms with van der Waals surface area (Å²) >= 11 is 0. The molecule has 7 atom stereocenters. The summed E-state index contributed by atoms with van der Waals surface area (Å²) in [5, 5.41) is 6.98. The molecular weight excluding hydrogens is 759 g/mol. The predicted molar refractivity (Wildman–Crippen MR) is 207 cm³/mol. The van der Waals surface area contributed by atoms with Crippen molar-refractivity contribution in [3.63, 3.8) is 0 Å². The molecule has 0 radical (unpaired) electrons. The minimum atomic E-state index is -4.02. The van der Waals surface area contributed by atoms with E-state index in [0.717, 1.165) is 0 Å². The number of nitrogens with one attached hydrogen (secondary N) is 3. The van der Waals surface area contributed by atoms with Gasteiger partial charge >= 0.3 is 6.09 Å². The maximum absolute atomic E-state index is 14.9. The van der Waals surface area contributed by atoms with E-state index >= 15 is 0 Å². The summed E-state index contributed by atoms with van der Waals surface area (Å²) in [5.41, 5.74) is -2.44. The summed E-state index contributed by atoms with van der Waals surface area (Å²) in [4.78, 5) is 62.5. The maximum Gasteiger partial charge on any atom is 0.408 e. The SMILES string of the molecule is CCC1OC(C)CCC=CC2CC2(C(=O)NS(=O)(=O)C2(C)CC2)NC(=O)C2CC(Oc3nccc4c5c(ccc34)OCCO5)CN2C(=O)C1NC(=O)OC(C)(C)C. The number of pyridine rings is 1. The molecule has 4 heterocycles. The van der Waals surface area contributed by atoms with Crippen molar-refractivity contribution in [1.82, 2.24) is 25.2 Å². The molecule has 0 spiro atoms. The van der Waals surface area contributed by atoms with Crippen LogP contribution in [0.1, 0.15) is 86.5 Å². The van der Waals surface area contributed by atoms with E-state index in [9.17, 15) is 27.6 Å². The van der Waals surface area contributed by atoms with Gasteiger partial charge in [0.1, 0.15) is 42.5 Å². The quantitative estimate of drug-likeness (QED) is 0.344. The number of allylic oxidation sites excluding steroid dienone is 1. The molecule has 2 aliphatic carbocycles. The number of rotatable bonds is 7. The molecule has 1 saturated heterocycles. The summed E-state index contributed by atoms with van der Waals surface area (Å²) in [7, 11) is -4.02. The van der Waals surface area contributed by atoms with Crippen LogP contribution in [0.15, 0.2) is 36.5 Å². The minimum absolute atomic E-state index is 0.0119. The van der Waals surface area contributed by atoms with Crippen LogP contribution in [-0.2, 0) is 33.9 Å². The third-order valence-corrected chi connectivity index (χ3v) is 13.5. The van der Waals surface area contributed by atoms with Crippen molar-refractivity contribution in [3.05, 3.63) is 36.5 Å². The number of hydrogen-bond acceptors (Lipinski definition) is 12. The lowest BCUT2D eigenvalue weighted by molar-refractivity contribution is -0.145. The number of ether oxygens (including phenoxy) is 5. The molecule has 7 unspecified atom stereocenters. The minimum Gasteiger partial charge on any atom is -0.486 e. The van der Waals surface area contributed by atoms with Crippen LogP contribution in [-0.4, -0.2) is 108 Å². The number of aromatic nitrogens is 1. The molecule has 2 aromatic rings. The average Bonchev–Trinajstić information content (AvgIpc) is 4.03. The monoisotopic (exact) mass is 811 g/mol. The molecule has 16 nitrogen and oxygen atoms in total. The Balaban J connectivity index is 1.24. The number of alkyl carbamates (subject to hydrolysis) is 1. The van der Waals surface area contributed by atoms with Gasteiger partial charge in [-0.25, -0.2) is 18.2 Å². The fourth-order valence-electron chi connectivity index (χ4n) is 7.73. The number of carbonyl (C=O) groups is 4. The van der Waals surface area contributed by atoms with Crippen molar-refractivity contribution in [3.8, 4) is 17.4 Å². The van der Waals surface area contributed by atoms with E-state index in [1.807, 2.05) is 32.1 Å². The molecule has 2 saturated carbocycles. The topological polar surface area (TPSA) is 201 Å². The largest absolute Gasteiger partial charge is 0.486 e. The van der Waals surface area contributed by atoms with Gasteiger partial charge in [-0.15, -0.1) is 0 Å². The van der Waals surface area contributed by atoms with Crippen LogP contribution in [0.2, 0.25) is 0 Å². The summed E-state index contributed by atoms with van der Waals surface area (Å²) in [6.07, 6.45) is 4.97. The van der Waals surface area contributed by atoms with Gasteiger partial charge in [0.2, 0.25) is 27.7 Å². The number of benzene rings is 1. The maximum atomic E-state index is 14.9. The summed E-state index contributed by atoms with van der Waals surface area (Å²) in [6.45, 7) is 11.1. The van der Waals surface area contributed by atoms with Gasteiger partial charge < -0.3 is 39.2 Å². The fraction of sp³-hybridized carbons (Fsp3) is 0.625. The van der Waals surface area contributed by atoms with E-state index in [2.05, 4.69) is 20.3 Å². The van der Waals surface area contributed by atoms with Crippen LogP contribution >= 0.6 is 0 Å². The lowest BCUT2D eigenvalue weighted by atomic mass is 10.0. The summed E-state index contributed by atoms with van der Waals surface area (Å²) in [5.74, 6) is -1.20. The number of nitrogens with zero attached hydrogens (tertiary/aromatic N) is 2. The van der Waals surface area contributed by atoms with Crippen molar-refractivity contribution in [2.45, 2.75) is 133 Å². The lowest BCUT2D eigenvalue weighted by Gasteiger charge is -2.34. The fourth-order valence-corrected chi connectivity index (χ4v) is 9.04. The number of carbonyl (C=O) groups excluding carboxylic acids is 4. The van der Waals surface area contributed by atoms with Crippen molar-refractivity contribution in [1.29, 1.82) is 0 Å². The van der Waals surface area contributed by atoms with E-state index in [1.165, 1.54) is 4.90 Å². The van der Waals surface area contributed by atoms with Gasteiger partial charge in [-0.1, -0.05) is 19.1 Å². The highest BCUT2D eigenvalue weighted by atomic mass is 32.2. The zero-order valence-electron chi connectivity index (χ0n) is 33.3. The van der Waals surface area contributed by atoms with E-state index in [-0.39, 0.29) is 31.4 Å². The Hall–Kier alpha value is -4.64. The number of amides is 4. The molecule has 3 N–H and O–H groups in total. The van der Waals surface area contributed by atoms with Crippen molar-refractivity contribution in [2.24, 2.45) is 5.92 Å². The zero-order chi connectivity index (χ0) is 40.9. The Labute approximate surface area is 332 Å². The second kappa shape index (κ2) is 15.3. The molecule has 3 fully saturated rings. The van der Waals surface area contributed by atoms with Crippen LogP contribution in [0, 0.1) is 5.92 Å². The van der Waals surface area contributed by atoms with Gasteiger partial charge in [-0.2, -0.15) is 0 Å². The molecule has 3 aliphatic heterocycles. The molecule has 17 heteroatoms. The highest BCUT2D eigenvalue weighted by molar-refractivity contribution is 7.91. The molecule has 5 aliphatic rings. The first kappa shape index (κ1) is 40.6. The van der Waals surface area contributed by atoms with E-state index < -0.39 is 79.9 Å². The molecule has 1 aromatic heterocycles. The third-order valence-electron chi connectivity index (χ3n) is 11.4. The van der Waals surface area contributed by atoms with Crippen LogP contribution in [0.25, 0.3) is 10.8 Å². The third kappa shape index (κ3) is 8.36. The van der Waals surface area contributed by atoms with Gasteiger partial charge in [0.15, 0.2) is 11.5 Å². The number of sulfonamides is 1. The molecule has 7 rings (SSSR count). The van der Waals surface area contributed by atoms with Crippen LogP contribution in [0.4, 0.5) is 4.79 Å². The second-order valence-electron chi connectivity index (χ2n) is 17.0. The van der Waals surface area contributed by atoms with Crippen molar-refractivity contribution < 1.29 is 51.3 Å². The first-order valence-corrected chi connectivity index (χ1v) is 21.3. The van der Waals surface area contributed by atoms with Crippen LogP contribution in [0.3, 0.4) is 0 Å².